The van der Waals surface area contributed by atoms with Crippen molar-refractivity contribution in [3.8, 4) is 0 Å². The van der Waals surface area contributed by atoms with Crippen LogP contribution in [0.1, 0.15) is 41.2 Å². The van der Waals surface area contributed by atoms with Crippen molar-refractivity contribution in [1.82, 2.24) is 9.62 Å². The van der Waals surface area contributed by atoms with E-state index in [1.165, 1.54) is 16.2 Å². The first kappa shape index (κ1) is 16.5. The number of hydrogen-bond donors (Lipinski definition) is 1. The molecule has 0 unspecified atom stereocenters. The molecule has 0 radical (unpaired) electrons. The molecule has 2 heterocycles. The molecule has 1 fully saturated rings. The van der Waals surface area contributed by atoms with Gasteiger partial charge < -0.3 is 4.90 Å². The SMILES string of the molecule is CCc1ccc(C(=O)N2CCC[C@H](NS(=O)(=O)CC)C2)s1. The molecule has 21 heavy (non-hydrogen) atoms. The molecule has 1 aliphatic heterocycles. The van der Waals surface area contributed by atoms with E-state index in [0.717, 1.165) is 24.1 Å². The third-order valence-electron chi connectivity index (χ3n) is 3.66. The highest BCUT2D eigenvalue weighted by molar-refractivity contribution is 7.89. The average molecular weight is 330 g/mol. The third kappa shape index (κ3) is 4.28. The molecule has 118 valence electrons. The fourth-order valence-corrected chi connectivity index (χ4v) is 4.22. The Balaban J connectivity index is 2.02. The second-order valence-electron chi connectivity index (χ2n) is 5.23. The van der Waals surface area contributed by atoms with E-state index in [9.17, 15) is 13.2 Å². The summed E-state index contributed by atoms with van der Waals surface area (Å²) in [4.78, 5) is 16.2. The summed E-state index contributed by atoms with van der Waals surface area (Å²) < 4.78 is 26.0. The molecular formula is C14H22N2O3S2. The Kier molecular flexibility index (Phi) is 5.40. The fourth-order valence-electron chi connectivity index (χ4n) is 2.43. The number of piperidine rings is 1. The fraction of sp³-hybridized carbons (Fsp3) is 0.643. The Labute approximate surface area is 130 Å². The van der Waals surface area contributed by atoms with Crippen LogP contribution in [0.15, 0.2) is 12.1 Å². The van der Waals surface area contributed by atoms with E-state index in [-0.39, 0.29) is 17.7 Å². The number of aryl methyl sites for hydroxylation is 1. The first-order valence-corrected chi connectivity index (χ1v) is 9.80. The number of hydrogen-bond acceptors (Lipinski definition) is 4. The van der Waals surface area contributed by atoms with E-state index in [4.69, 9.17) is 0 Å². The Hall–Kier alpha value is -0.920. The Bertz CT molecular complexity index is 595. The van der Waals surface area contributed by atoms with Crippen LogP contribution in [0.4, 0.5) is 0 Å². The maximum atomic E-state index is 12.5. The van der Waals surface area contributed by atoms with Crippen LogP contribution in [0.5, 0.6) is 0 Å². The zero-order chi connectivity index (χ0) is 15.5. The first-order valence-electron chi connectivity index (χ1n) is 7.33. The first-order chi connectivity index (χ1) is 9.95. The van der Waals surface area contributed by atoms with Crippen LogP contribution in [0.25, 0.3) is 0 Å². The molecule has 0 aliphatic carbocycles. The minimum atomic E-state index is -3.22. The molecule has 0 aromatic carbocycles. The summed E-state index contributed by atoms with van der Waals surface area (Å²) in [7, 11) is -3.22. The smallest absolute Gasteiger partial charge is 0.263 e. The molecule has 0 spiro atoms. The van der Waals surface area contributed by atoms with Gasteiger partial charge in [0, 0.05) is 24.0 Å². The van der Waals surface area contributed by atoms with Crippen LogP contribution in [-0.4, -0.2) is 44.1 Å². The largest absolute Gasteiger partial charge is 0.336 e. The van der Waals surface area contributed by atoms with Gasteiger partial charge in [-0.25, -0.2) is 13.1 Å². The van der Waals surface area contributed by atoms with Gasteiger partial charge in [0.2, 0.25) is 10.0 Å². The highest BCUT2D eigenvalue weighted by Crippen LogP contribution is 2.21. The second-order valence-corrected chi connectivity index (χ2v) is 8.44. The van der Waals surface area contributed by atoms with Gasteiger partial charge >= 0.3 is 0 Å². The van der Waals surface area contributed by atoms with E-state index in [2.05, 4.69) is 11.6 Å². The molecule has 5 nitrogen and oxygen atoms in total. The van der Waals surface area contributed by atoms with Gasteiger partial charge in [-0.15, -0.1) is 11.3 Å². The molecule has 7 heteroatoms. The summed E-state index contributed by atoms with van der Waals surface area (Å²) in [6.45, 7) is 4.84. The molecule has 1 N–H and O–H groups in total. The number of amides is 1. The lowest BCUT2D eigenvalue weighted by atomic mass is 10.1. The number of rotatable bonds is 5. The monoisotopic (exact) mass is 330 g/mol. The van der Waals surface area contributed by atoms with Crippen molar-refractivity contribution in [2.45, 2.75) is 39.2 Å². The molecule has 1 aromatic rings. The summed E-state index contributed by atoms with van der Waals surface area (Å²) in [6, 6.07) is 3.68. The third-order valence-corrected chi connectivity index (χ3v) is 6.33. The molecule has 1 aliphatic rings. The molecule has 1 amide bonds. The maximum absolute atomic E-state index is 12.5. The van der Waals surface area contributed by atoms with Crippen molar-refractivity contribution in [2.75, 3.05) is 18.8 Å². The number of carbonyl (C=O) groups excluding carboxylic acids is 1. The van der Waals surface area contributed by atoms with E-state index in [1.54, 1.807) is 11.8 Å². The average Bonchev–Trinajstić information content (AvgIpc) is 2.95. The highest BCUT2D eigenvalue weighted by Gasteiger charge is 2.27. The predicted molar refractivity (Wildman–Crippen MR) is 85.2 cm³/mol. The molecule has 1 saturated heterocycles. The molecule has 1 atom stereocenters. The topological polar surface area (TPSA) is 66.5 Å². The minimum Gasteiger partial charge on any atom is -0.336 e. The van der Waals surface area contributed by atoms with Crippen LogP contribution in [0.3, 0.4) is 0 Å². The van der Waals surface area contributed by atoms with Crippen LogP contribution in [0.2, 0.25) is 0 Å². The summed E-state index contributed by atoms with van der Waals surface area (Å²) in [6.07, 6.45) is 2.54. The van der Waals surface area contributed by atoms with Gasteiger partial charge in [-0.2, -0.15) is 0 Å². The van der Waals surface area contributed by atoms with Crippen molar-refractivity contribution in [1.29, 1.82) is 0 Å². The summed E-state index contributed by atoms with van der Waals surface area (Å²) in [5.74, 6) is 0.0856. The minimum absolute atomic E-state index is 0.0140. The number of carbonyl (C=O) groups is 1. The van der Waals surface area contributed by atoms with E-state index in [0.29, 0.717) is 13.1 Å². The Morgan fingerprint density at radius 1 is 1.43 bits per heavy atom. The quantitative estimate of drug-likeness (QED) is 0.896. The maximum Gasteiger partial charge on any atom is 0.263 e. The van der Waals surface area contributed by atoms with Crippen molar-refractivity contribution >= 4 is 27.3 Å². The van der Waals surface area contributed by atoms with Crippen molar-refractivity contribution in [3.05, 3.63) is 21.9 Å². The van der Waals surface area contributed by atoms with E-state index < -0.39 is 10.0 Å². The lowest BCUT2D eigenvalue weighted by Gasteiger charge is -2.32. The zero-order valence-corrected chi connectivity index (χ0v) is 14.1. The number of sulfonamides is 1. The standard InChI is InChI=1S/C14H22N2O3S2/c1-3-12-7-8-13(20-12)14(17)16-9-5-6-11(10-16)15-21(18,19)4-2/h7-8,11,15H,3-6,9-10H2,1-2H3/t11-/m0/s1. The van der Waals surface area contributed by atoms with E-state index in [1.807, 2.05) is 12.1 Å². The molecule has 1 aromatic heterocycles. The number of likely N-dealkylation sites (tertiary alicyclic amines) is 1. The number of nitrogens with one attached hydrogen (secondary N) is 1. The van der Waals surface area contributed by atoms with Crippen LogP contribution in [0, 0.1) is 0 Å². The van der Waals surface area contributed by atoms with Gasteiger partial charge in [0.1, 0.15) is 0 Å². The van der Waals surface area contributed by atoms with Gasteiger partial charge in [-0.3, -0.25) is 4.79 Å². The summed E-state index contributed by atoms with van der Waals surface area (Å²) in [5, 5.41) is 0. The highest BCUT2D eigenvalue weighted by atomic mass is 32.2. The lowest BCUT2D eigenvalue weighted by Crippen LogP contribution is -2.49. The van der Waals surface area contributed by atoms with Gasteiger partial charge in [0.15, 0.2) is 0 Å². The van der Waals surface area contributed by atoms with Gasteiger partial charge in [-0.1, -0.05) is 6.92 Å². The predicted octanol–water partition coefficient (Wildman–Crippen LogP) is 1.85. The van der Waals surface area contributed by atoms with Gasteiger partial charge in [-0.05, 0) is 38.3 Å². The number of nitrogens with zero attached hydrogens (tertiary/aromatic N) is 1. The normalized spacial score (nSPS) is 19.7. The summed E-state index contributed by atoms with van der Waals surface area (Å²) >= 11 is 1.52. The Morgan fingerprint density at radius 3 is 2.81 bits per heavy atom. The van der Waals surface area contributed by atoms with Crippen LogP contribution >= 0.6 is 11.3 Å². The van der Waals surface area contributed by atoms with E-state index >= 15 is 0 Å². The van der Waals surface area contributed by atoms with Crippen molar-refractivity contribution in [3.63, 3.8) is 0 Å². The van der Waals surface area contributed by atoms with Gasteiger partial charge in [0.05, 0.1) is 10.6 Å². The molecule has 2 rings (SSSR count). The van der Waals surface area contributed by atoms with Crippen LogP contribution in [-0.2, 0) is 16.4 Å². The Morgan fingerprint density at radius 2 is 2.19 bits per heavy atom. The lowest BCUT2D eigenvalue weighted by molar-refractivity contribution is 0.0708. The number of thiophene rings is 1. The molecular weight excluding hydrogens is 308 g/mol. The molecule has 0 saturated carbocycles. The van der Waals surface area contributed by atoms with Crippen LogP contribution < -0.4 is 4.72 Å². The van der Waals surface area contributed by atoms with Gasteiger partial charge in [0.25, 0.3) is 5.91 Å². The van der Waals surface area contributed by atoms with Crippen molar-refractivity contribution < 1.29 is 13.2 Å². The summed E-state index contributed by atoms with van der Waals surface area (Å²) in [5.41, 5.74) is 0. The van der Waals surface area contributed by atoms with Crippen molar-refractivity contribution in [2.24, 2.45) is 0 Å². The zero-order valence-electron chi connectivity index (χ0n) is 12.5. The molecule has 0 bridgehead atoms. The second kappa shape index (κ2) is 6.89.